The van der Waals surface area contributed by atoms with Gasteiger partial charge in [-0.1, -0.05) is 19.9 Å². The molecule has 4 saturated carbocycles. The summed E-state index contributed by atoms with van der Waals surface area (Å²) in [5.41, 5.74) is 4.34. The van der Waals surface area contributed by atoms with E-state index in [0.29, 0.717) is 17.1 Å². The Morgan fingerprint density at radius 1 is 1.00 bits per heavy atom. The van der Waals surface area contributed by atoms with Crippen molar-refractivity contribution in [1.82, 2.24) is 0 Å². The van der Waals surface area contributed by atoms with Crippen molar-refractivity contribution >= 4 is 0 Å². The molecule has 0 heterocycles. The van der Waals surface area contributed by atoms with E-state index < -0.39 is 0 Å². The highest BCUT2D eigenvalue weighted by Gasteiger charge is 2.52. The van der Waals surface area contributed by atoms with E-state index in [0.717, 1.165) is 23.3 Å². The molecular formula is C20H28O. The third-order valence-electron chi connectivity index (χ3n) is 6.68. The van der Waals surface area contributed by atoms with Crippen LogP contribution in [0.15, 0.2) is 12.1 Å². The smallest absolute Gasteiger partial charge is 0.119 e. The fourth-order valence-corrected chi connectivity index (χ4v) is 6.05. The molecule has 4 aliphatic carbocycles. The minimum Gasteiger partial charge on any atom is -0.508 e. The molecule has 0 unspecified atom stereocenters. The second-order valence-corrected chi connectivity index (χ2v) is 8.57. The molecule has 0 radical (unpaired) electrons. The Bertz CT molecular complexity index is 534. The molecule has 1 heteroatoms. The molecule has 0 amide bonds. The Balaban J connectivity index is 1.82. The van der Waals surface area contributed by atoms with Crippen molar-refractivity contribution in [1.29, 1.82) is 0 Å². The van der Waals surface area contributed by atoms with E-state index in [2.05, 4.69) is 26.8 Å². The summed E-state index contributed by atoms with van der Waals surface area (Å²) in [6, 6.07) is 4.43. The predicted molar refractivity (Wildman–Crippen MR) is 86.8 cm³/mol. The monoisotopic (exact) mass is 284 g/mol. The summed E-state index contributed by atoms with van der Waals surface area (Å²) in [7, 11) is 0. The minimum atomic E-state index is 0.390. The molecule has 114 valence electrons. The van der Waals surface area contributed by atoms with Gasteiger partial charge in [-0.2, -0.15) is 0 Å². The van der Waals surface area contributed by atoms with Gasteiger partial charge in [0.1, 0.15) is 5.75 Å². The molecule has 5 rings (SSSR count). The number of phenolic OH excluding ortho intramolecular Hbond substituents is 1. The van der Waals surface area contributed by atoms with Gasteiger partial charge in [0.25, 0.3) is 0 Å². The zero-order valence-corrected chi connectivity index (χ0v) is 13.7. The Hall–Kier alpha value is -0.980. The maximum absolute atomic E-state index is 10.4. The maximum Gasteiger partial charge on any atom is 0.119 e. The number of aromatic hydroxyl groups is 1. The first kappa shape index (κ1) is 13.7. The molecule has 0 saturated heterocycles. The molecule has 1 aromatic carbocycles. The molecule has 0 spiro atoms. The molecule has 21 heavy (non-hydrogen) atoms. The minimum absolute atomic E-state index is 0.390. The standard InChI is InChI=1S/C20H28O/c1-12(2)17-7-18(13(3)19(21)8-17)20-9-14-4-15(10-20)6-16(5-14)11-20/h7-8,12,14-16,21H,4-6,9-11H2,1-3H3. The van der Waals surface area contributed by atoms with Crippen LogP contribution in [0.4, 0.5) is 0 Å². The first-order chi connectivity index (χ1) is 9.97. The van der Waals surface area contributed by atoms with Crippen LogP contribution in [0.2, 0.25) is 0 Å². The molecule has 0 aromatic heterocycles. The third kappa shape index (κ3) is 2.04. The number of rotatable bonds is 2. The van der Waals surface area contributed by atoms with Gasteiger partial charge in [0.05, 0.1) is 0 Å². The SMILES string of the molecule is Cc1c(O)cc(C(C)C)cc1C12CC3CC(CC(C3)C1)C2. The number of hydrogen-bond acceptors (Lipinski definition) is 1. The van der Waals surface area contributed by atoms with E-state index in [9.17, 15) is 5.11 Å². The molecule has 4 fully saturated rings. The average Bonchev–Trinajstić information content (AvgIpc) is 2.39. The van der Waals surface area contributed by atoms with Crippen LogP contribution in [0, 0.1) is 24.7 Å². The van der Waals surface area contributed by atoms with Crippen molar-refractivity contribution < 1.29 is 5.11 Å². The van der Waals surface area contributed by atoms with Gasteiger partial charge in [0, 0.05) is 0 Å². The lowest BCUT2D eigenvalue weighted by Gasteiger charge is -2.57. The second kappa shape index (κ2) is 4.51. The first-order valence-electron chi connectivity index (χ1n) is 8.81. The van der Waals surface area contributed by atoms with Crippen molar-refractivity contribution in [2.45, 2.75) is 70.6 Å². The third-order valence-corrected chi connectivity index (χ3v) is 6.68. The van der Waals surface area contributed by atoms with Gasteiger partial charge in [-0.05, 0) is 97.3 Å². The van der Waals surface area contributed by atoms with Crippen molar-refractivity contribution in [2.75, 3.05) is 0 Å². The van der Waals surface area contributed by atoms with Crippen LogP contribution in [0.1, 0.15) is 75.0 Å². The highest BCUT2D eigenvalue weighted by atomic mass is 16.3. The van der Waals surface area contributed by atoms with E-state index in [4.69, 9.17) is 0 Å². The molecule has 4 aliphatic rings. The largest absolute Gasteiger partial charge is 0.508 e. The zero-order chi connectivity index (χ0) is 14.8. The molecule has 4 bridgehead atoms. The van der Waals surface area contributed by atoms with Gasteiger partial charge < -0.3 is 5.11 Å². The lowest BCUT2D eigenvalue weighted by atomic mass is 9.47. The van der Waals surface area contributed by atoms with Crippen molar-refractivity contribution in [3.63, 3.8) is 0 Å². The molecule has 1 nitrogen and oxygen atoms in total. The summed E-state index contributed by atoms with van der Waals surface area (Å²) >= 11 is 0. The summed E-state index contributed by atoms with van der Waals surface area (Å²) in [5, 5.41) is 10.4. The first-order valence-corrected chi connectivity index (χ1v) is 8.81. The normalized spacial score (nSPS) is 37.4. The van der Waals surface area contributed by atoms with Gasteiger partial charge in [-0.25, -0.2) is 0 Å². The molecule has 0 atom stereocenters. The number of phenols is 1. The Morgan fingerprint density at radius 3 is 2.00 bits per heavy atom. The van der Waals surface area contributed by atoms with Gasteiger partial charge in [-0.3, -0.25) is 0 Å². The summed E-state index contributed by atoms with van der Waals surface area (Å²) in [5.74, 6) is 3.89. The Morgan fingerprint density at radius 2 is 1.52 bits per heavy atom. The summed E-state index contributed by atoms with van der Waals surface area (Å²) in [6.07, 6.45) is 8.57. The molecular weight excluding hydrogens is 256 g/mol. The van der Waals surface area contributed by atoms with E-state index in [-0.39, 0.29) is 0 Å². The van der Waals surface area contributed by atoms with Crippen LogP contribution >= 0.6 is 0 Å². The van der Waals surface area contributed by atoms with Gasteiger partial charge in [-0.15, -0.1) is 0 Å². The van der Waals surface area contributed by atoms with Gasteiger partial charge in [0.15, 0.2) is 0 Å². The summed E-state index contributed by atoms with van der Waals surface area (Å²) in [4.78, 5) is 0. The van der Waals surface area contributed by atoms with Crippen LogP contribution in [-0.4, -0.2) is 5.11 Å². The Labute approximate surface area is 128 Å². The van der Waals surface area contributed by atoms with E-state index in [1.165, 1.54) is 49.7 Å². The van der Waals surface area contributed by atoms with Crippen molar-refractivity contribution in [3.8, 4) is 5.75 Å². The van der Waals surface area contributed by atoms with Crippen LogP contribution in [0.3, 0.4) is 0 Å². The summed E-state index contributed by atoms with van der Waals surface area (Å²) < 4.78 is 0. The summed E-state index contributed by atoms with van der Waals surface area (Å²) in [6.45, 7) is 6.59. The zero-order valence-electron chi connectivity index (χ0n) is 13.7. The lowest BCUT2D eigenvalue weighted by Crippen LogP contribution is -2.48. The fourth-order valence-electron chi connectivity index (χ4n) is 6.05. The van der Waals surface area contributed by atoms with Crippen LogP contribution in [0.25, 0.3) is 0 Å². The van der Waals surface area contributed by atoms with Crippen LogP contribution < -0.4 is 0 Å². The fraction of sp³-hybridized carbons (Fsp3) is 0.700. The molecule has 0 aliphatic heterocycles. The molecule has 1 N–H and O–H groups in total. The average molecular weight is 284 g/mol. The van der Waals surface area contributed by atoms with E-state index in [1.54, 1.807) is 0 Å². The number of hydrogen-bond donors (Lipinski definition) is 1. The number of benzene rings is 1. The predicted octanol–water partition coefficient (Wildman–Crippen LogP) is 5.29. The molecule has 1 aromatic rings. The topological polar surface area (TPSA) is 20.2 Å². The van der Waals surface area contributed by atoms with Crippen molar-refractivity contribution in [2.24, 2.45) is 17.8 Å². The maximum atomic E-state index is 10.4. The quantitative estimate of drug-likeness (QED) is 0.782. The second-order valence-electron chi connectivity index (χ2n) is 8.57. The lowest BCUT2D eigenvalue weighted by molar-refractivity contribution is -0.00559. The van der Waals surface area contributed by atoms with E-state index >= 15 is 0 Å². The van der Waals surface area contributed by atoms with Crippen molar-refractivity contribution in [3.05, 3.63) is 28.8 Å². The van der Waals surface area contributed by atoms with Gasteiger partial charge in [0.2, 0.25) is 0 Å². The van der Waals surface area contributed by atoms with Crippen LogP contribution in [0.5, 0.6) is 5.75 Å². The highest BCUT2D eigenvalue weighted by molar-refractivity contribution is 5.47. The Kier molecular flexibility index (Phi) is 2.93. The van der Waals surface area contributed by atoms with Crippen LogP contribution in [-0.2, 0) is 5.41 Å². The highest BCUT2D eigenvalue weighted by Crippen LogP contribution is 2.61. The van der Waals surface area contributed by atoms with E-state index in [1.807, 2.05) is 6.07 Å². The van der Waals surface area contributed by atoms with Gasteiger partial charge >= 0.3 is 0 Å².